The van der Waals surface area contributed by atoms with E-state index in [1.54, 1.807) is 11.1 Å². The maximum atomic E-state index is 13.0. The van der Waals surface area contributed by atoms with Crippen LogP contribution >= 0.6 is 0 Å². The Hall–Kier alpha value is -1.60. The van der Waals surface area contributed by atoms with Gasteiger partial charge in [-0.15, -0.1) is 0 Å². The van der Waals surface area contributed by atoms with Crippen molar-refractivity contribution in [2.45, 2.75) is 37.4 Å². The Labute approximate surface area is 145 Å². The van der Waals surface area contributed by atoms with E-state index in [2.05, 4.69) is 4.98 Å². The van der Waals surface area contributed by atoms with Crippen molar-refractivity contribution in [2.75, 3.05) is 26.3 Å². The van der Waals surface area contributed by atoms with E-state index >= 15 is 0 Å². The van der Waals surface area contributed by atoms with Crippen LogP contribution in [0.2, 0.25) is 0 Å². The lowest BCUT2D eigenvalue weighted by molar-refractivity contribution is -0.187. The summed E-state index contributed by atoms with van der Waals surface area (Å²) in [4.78, 5) is 18.1. The number of likely N-dealkylation sites (tertiary alicyclic amines) is 1. The van der Waals surface area contributed by atoms with Gasteiger partial charge in [-0.1, -0.05) is 6.07 Å². The maximum Gasteiger partial charge on any atom is 0.249 e. The molecule has 3 fully saturated rings. The fourth-order valence-electron chi connectivity index (χ4n) is 4.01. The highest BCUT2D eigenvalue weighted by atomic mass is 19.3. The van der Waals surface area contributed by atoms with Gasteiger partial charge in [-0.3, -0.25) is 9.78 Å². The molecule has 3 aliphatic rings. The third kappa shape index (κ3) is 3.27. The van der Waals surface area contributed by atoms with Crippen molar-refractivity contribution >= 4 is 5.91 Å². The molecule has 1 atom stereocenters. The molecule has 0 radical (unpaired) electrons. The molecular formula is C18H22F2N2O3. The molecule has 4 rings (SSSR count). The van der Waals surface area contributed by atoms with Crippen molar-refractivity contribution in [3.63, 3.8) is 0 Å². The third-order valence-corrected chi connectivity index (χ3v) is 5.56. The summed E-state index contributed by atoms with van der Waals surface area (Å²) < 4.78 is 37.6. The molecule has 1 spiro atoms. The number of pyridine rings is 1. The minimum Gasteiger partial charge on any atom is -0.375 e. The standard InChI is InChI=1S/C18H22F2N2O3/c19-18(20)7-13(8-18)16(23)22-11-17(12-22)14(4-6-25-17)9-24-10-15-3-1-2-5-21-15/h1-3,5,13-14H,4,6-12H2/t14-/m0/s1. The molecule has 7 heteroatoms. The van der Waals surface area contributed by atoms with Crippen LogP contribution in [0.1, 0.15) is 25.0 Å². The van der Waals surface area contributed by atoms with E-state index in [0.717, 1.165) is 12.1 Å². The lowest BCUT2D eigenvalue weighted by atomic mass is 9.76. The van der Waals surface area contributed by atoms with Gasteiger partial charge in [-0.25, -0.2) is 8.78 Å². The minimum atomic E-state index is -2.66. The van der Waals surface area contributed by atoms with Crippen molar-refractivity contribution in [2.24, 2.45) is 11.8 Å². The van der Waals surface area contributed by atoms with Gasteiger partial charge in [0.25, 0.3) is 0 Å². The summed E-state index contributed by atoms with van der Waals surface area (Å²) >= 11 is 0. The van der Waals surface area contributed by atoms with Crippen LogP contribution < -0.4 is 0 Å². The SMILES string of the molecule is O=C(C1CC(F)(F)C1)N1CC2(C1)OCC[C@H]2COCc1ccccn1. The maximum absolute atomic E-state index is 13.0. The van der Waals surface area contributed by atoms with E-state index in [1.807, 2.05) is 18.2 Å². The Balaban J connectivity index is 1.26. The molecule has 0 aromatic carbocycles. The number of hydrogen-bond donors (Lipinski definition) is 0. The number of carbonyl (C=O) groups is 1. The predicted octanol–water partition coefficient (Wildman–Crippen LogP) is 2.26. The number of halogens is 2. The normalized spacial score (nSPS) is 27.1. The Morgan fingerprint density at radius 3 is 2.84 bits per heavy atom. The first-order valence-corrected chi connectivity index (χ1v) is 8.76. The Morgan fingerprint density at radius 1 is 1.36 bits per heavy atom. The molecule has 0 N–H and O–H groups in total. The number of hydrogen-bond acceptors (Lipinski definition) is 4. The Morgan fingerprint density at radius 2 is 2.16 bits per heavy atom. The molecule has 0 unspecified atom stereocenters. The second-order valence-electron chi connectivity index (χ2n) is 7.39. The molecular weight excluding hydrogens is 330 g/mol. The van der Waals surface area contributed by atoms with E-state index in [1.165, 1.54) is 0 Å². The molecule has 1 aromatic rings. The van der Waals surface area contributed by atoms with Gasteiger partial charge in [0, 0.05) is 37.5 Å². The lowest BCUT2D eigenvalue weighted by Gasteiger charge is -2.52. The fourth-order valence-corrected chi connectivity index (χ4v) is 4.01. The smallest absolute Gasteiger partial charge is 0.249 e. The van der Waals surface area contributed by atoms with Crippen molar-refractivity contribution in [1.82, 2.24) is 9.88 Å². The summed E-state index contributed by atoms with van der Waals surface area (Å²) in [6, 6.07) is 5.70. The highest BCUT2D eigenvalue weighted by Gasteiger charge is 2.57. The number of rotatable bonds is 5. The highest BCUT2D eigenvalue weighted by Crippen LogP contribution is 2.46. The number of amides is 1. The van der Waals surface area contributed by atoms with Crippen LogP contribution in [0.25, 0.3) is 0 Å². The summed E-state index contributed by atoms with van der Waals surface area (Å²) in [6.07, 6.45) is 2.00. The van der Waals surface area contributed by atoms with Gasteiger partial charge in [-0.2, -0.15) is 0 Å². The summed E-state index contributed by atoms with van der Waals surface area (Å²) in [6.45, 7) is 2.64. The highest BCUT2D eigenvalue weighted by molar-refractivity contribution is 5.81. The molecule has 136 valence electrons. The van der Waals surface area contributed by atoms with E-state index in [0.29, 0.717) is 32.9 Å². The zero-order chi connectivity index (χ0) is 17.5. The fraction of sp³-hybridized carbons (Fsp3) is 0.667. The van der Waals surface area contributed by atoms with Crippen LogP contribution in [0.5, 0.6) is 0 Å². The number of nitrogens with zero attached hydrogens (tertiary/aromatic N) is 2. The number of alkyl halides is 2. The molecule has 3 heterocycles. The van der Waals surface area contributed by atoms with Crippen molar-refractivity contribution < 1.29 is 23.0 Å². The molecule has 0 bridgehead atoms. The van der Waals surface area contributed by atoms with E-state index in [4.69, 9.17) is 9.47 Å². The summed E-state index contributed by atoms with van der Waals surface area (Å²) in [5, 5.41) is 0. The van der Waals surface area contributed by atoms with Gasteiger partial charge >= 0.3 is 0 Å². The van der Waals surface area contributed by atoms with Crippen molar-refractivity contribution in [1.29, 1.82) is 0 Å². The van der Waals surface area contributed by atoms with Gasteiger partial charge in [-0.05, 0) is 18.6 Å². The second-order valence-corrected chi connectivity index (χ2v) is 7.39. The van der Waals surface area contributed by atoms with E-state index in [9.17, 15) is 13.6 Å². The topological polar surface area (TPSA) is 51.7 Å². The molecule has 25 heavy (non-hydrogen) atoms. The quantitative estimate of drug-likeness (QED) is 0.816. The van der Waals surface area contributed by atoms with Gasteiger partial charge < -0.3 is 14.4 Å². The zero-order valence-electron chi connectivity index (χ0n) is 14.0. The number of ether oxygens (including phenoxy) is 2. The van der Waals surface area contributed by atoms with Crippen LogP contribution in [0, 0.1) is 11.8 Å². The van der Waals surface area contributed by atoms with Crippen molar-refractivity contribution in [3.05, 3.63) is 30.1 Å². The lowest BCUT2D eigenvalue weighted by Crippen LogP contribution is -2.68. The van der Waals surface area contributed by atoms with Crippen molar-refractivity contribution in [3.8, 4) is 0 Å². The molecule has 2 saturated heterocycles. The zero-order valence-corrected chi connectivity index (χ0v) is 14.0. The second kappa shape index (κ2) is 6.29. The summed E-state index contributed by atoms with van der Waals surface area (Å²) in [7, 11) is 0. The summed E-state index contributed by atoms with van der Waals surface area (Å²) in [5.74, 6) is -3.11. The minimum absolute atomic E-state index is 0.153. The first-order chi connectivity index (χ1) is 12.0. The third-order valence-electron chi connectivity index (χ3n) is 5.56. The van der Waals surface area contributed by atoms with Gasteiger partial charge in [0.2, 0.25) is 11.8 Å². The predicted molar refractivity (Wildman–Crippen MR) is 84.9 cm³/mol. The van der Waals surface area contributed by atoms with Crippen LogP contribution in [-0.2, 0) is 20.9 Å². The van der Waals surface area contributed by atoms with Crippen LogP contribution in [-0.4, -0.2) is 53.6 Å². The Bertz CT molecular complexity index is 626. The van der Waals surface area contributed by atoms with Crippen LogP contribution in [0.15, 0.2) is 24.4 Å². The first-order valence-electron chi connectivity index (χ1n) is 8.76. The largest absolute Gasteiger partial charge is 0.375 e. The average molecular weight is 352 g/mol. The monoisotopic (exact) mass is 352 g/mol. The van der Waals surface area contributed by atoms with Crippen LogP contribution in [0.4, 0.5) is 8.78 Å². The van der Waals surface area contributed by atoms with Gasteiger partial charge in [0.1, 0.15) is 5.60 Å². The molecule has 1 aliphatic carbocycles. The molecule has 1 amide bonds. The number of carbonyl (C=O) groups excluding carboxylic acids is 1. The van der Waals surface area contributed by atoms with Gasteiger partial charge in [0.15, 0.2) is 0 Å². The van der Waals surface area contributed by atoms with E-state index < -0.39 is 11.8 Å². The molecule has 5 nitrogen and oxygen atoms in total. The van der Waals surface area contributed by atoms with E-state index in [-0.39, 0.29) is 30.3 Å². The first kappa shape index (κ1) is 16.8. The Kier molecular flexibility index (Phi) is 4.24. The average Bonchev–Trinajstić information content (AvgIpc) is 2.95. The van der Waals surface area contributed by atoms with Crippen LogP contribution in [0.3, 0.4) is 0 Å². The molecule has 2 aliphatic heterocycles. The summed E-state index contributed by atoms with van der Waals surface area (Å²) in [5.41, 5.74) is 0.526. The molecule has 1 aromatic heterocycles. The number of aromatic nitrogens is 1. The van der Waals surface area contributed by atoms with Gasteiger partial charge in [0.05, 0.1) is 32.0 Å². The molecule has 1 saturated carbocycles.